The van der Waals surface area contributed by atoms with Gasteiger partial charge < -0.3 is 18.9 Å². The monoisotopic (exact) mass is 286 g/mol. The number of phenolic OH excluding ortho intramolecular Hbond substituents is 1. The van der Waals surface area contributed by atoms with E-state index in [0.717, 1.165) is 0 Å². The highest BCUT2D eigenvalue weighted by molar-refractivity contribution is 7.60. The van der Waals surface area contributed by atoms with Gasteiger partial charge in [0, 0.05) is 14.2 Å². The van der Waals surface area contributed by atoms with Crippen molar-refractivity contribution < 1.29 is 28.3 Å². The summed E-state index contributed by atoms with van der Waals surface area (Å²) in [5, 5.41) is 8.96. The van der Waals surface area contributed by atoms with E-state index in [0.29, 0.717) is 5.56 Å². The summed E-state index contributed by atoms with van der Waals surface area (Å²) in [7, 11) is -0.191. The summed E-state index contributed by atoms with van der Waals surface area (Å²) in [6, 6.07) is 5.97. The Balaban J connectivity index is 3.28. The standard InChI is InChI=1S/C12H15O6P/c1-16-12(14)11(19(15,17-2)18-3)8-9-4-6-10(13)7-5-9/h4-8,13H,1-3H3/b11-8+. The Morgan fingerprint density at radius 2 is 1.68 bits per heavy atom. The average Bonchev–Trinajstić information content (AvgIpc) is 2.45. The van der Waals surface area contributed by atoms with Gasteiger partial charge in [0.15, 0.2) is 0 Å². The Morgan fingerprint density at radius 3 is 2.11 bits per heavy atom. The van der Waals surface area contributed by atoms with Gasteiger partial charge in [-0.15, -0.1) is 0 Å². The Bertz CT molecular complexity index is 512. The largest absolute Gasteiger partial charge is 0.508 e. The fraction of sp³-hybridized carbons (Fsp3) is 0.250. The van der Waals surface area contributed by atoms with Gasteiger partial charge in [-0.3, -0.25) is 4.57 Å². The first-order chi connectivity index (χ1) is 8.96. The van der Waals surface area contributed by atoms with Crippen molar-refractivity contribution in [2.24, 2.45) is 0 Å². The first kappa shape index (κ1) is 15.4. The van der Waals surface area contributed by atoms with Gasteiger partial charge in [0.2, 0.25) is 0 Å². The number of benzene rings is 1. The number of phenols is 1. The van der Waals surface area contributed by atoms with E-state index >= 15 is 0 Å². The van der Waals surface area contributed by atoms with E-state index in [9.17, 15) is 14.5 Å². The first-order valence-electron chi connectivity index (χ1n) is 5.28. The van der Waals surface area contributed by atoms with E-state index in [1.807, 2.05) is 0 Å². The van der Waals surface area contributed by atoms with Crippen LogP contribution in [0.25, 0.3) is 6.08 Å². The van der Waals surface area contributed by atoms with E-state index in [4.69, 9.17) is 9.05 Å². The number of hydrogen-bond acceptors (Lipinski definition) is 6. The van der Waals surface area contributed by atoms with Crippen molar-refractivity contribution >= 4 is 19.6 Å². The predicted octanol–water partition coefficient (Wildman–Crippen LogP) is 2.39. The molecular weight excluding hydrogens is 271 g/mol. The van der Waals surface area contributed by atoms with E-state index < -0.39 is 13.6 Å². The molecule has 0 radical (unpaired) electrons. The maximum absolute atomic E-state index is 12.3. The summed E-state index contributed by atoms with van der Waals surface area (Å²) in [4.78, 5) is 11.7. The molecule has 0 bridgehead atoms. The minimum atomic E-state index is -3.72. The molecule has 0 heterocycles. The number of carbonyl (C=O) groups excluding carboxylic acids is 1. The number of ether oxygens (including phenoxy) is 1. The Morgan fingerprint density at radius 1 is 1.16 bits per heavy atom. The smallest absolute Gasteiger partial charge is 0.368 e. The molecule has 0 aliphatic rings. The molecule has 19 heavy (non-hydrogen) atoms. The molecule has 1 aromatic rings. The first-order valence-corrected chi connectivity index (χ1v) is 6.82. The number of aromatic hydroxyl groups is 1. The van der Waals surface area contributed by atoms with Crippen LogP contribution in [0.5, 0.6) is 5.75 Å². The van der Waals surface area contributed by atoms with Crippen LogP contribution >= 0.6 is 7.60 Å². The molecule has 104 valence electrons. The van der Waals surface area contributed by atoms with Gasteiger partial charge in [-0.05, 0) is 23.8 Å². The molecule has 6 nitrogen and oxygen atoms in total. The topological polar surface area (TPSA) is 82.1 Å². The zero-order chi connectivity index (χ0) is 14.5. The summed E-state index contributed by atoms with van der Waals surface area (Å²) in [6.45, 7) is 0. The third-order valence-electron chi connectivity index (χ3n) is 2.37. The summed E-state index contributed by atoms with van der Waals surface area (Å²) >= 11 is 0. The molecule has 0 aromatic heterocycles. The Kier molecular flexibility index (Phi) is 5.30. The van der Waals surface area contributed by atoms with Crippen molar-refractivity contribution in [1.29, 1.82) is 0 Å². The second kappa shape index (κ2) is 6.52. The number of esters is 1. The van der Waals surface area contributed by atoms with E-state index in [1.165, 1.54) is 39.5 Å². The molecule has 0 amide bonds. The van der Waals surface area contributed by atoms with Crippen LogP contribution in [0.15, 0.2) is 29.6 Å². The van der Waals surface area contributed by atoms with Gasteiger partial charge in [-0.25, -0.2) is 4.79 Å². The molecule has 0 saturated carbocycles. The van der Waals surface area contributed by atoms with Gasteiger partial charge >= 0.3 is 13.6 Å². The number of hydrogen-bond donors (Lipinski definition) is 1. The second-order valence-corrected chi connectivity index (χ2v) is 5.68. The quantitative estimate of drug-likeness (QED) is 0.508. The highest BCUT2D eigenvalue weighted by atomic mass is 31.2. The van der Waals surface area contributed by atoms with E-state index in [-0.39, 0.29) is 11.1 Å². The maximum Gasteiger partial charge on any atom is 0.368 e. The van der Waals surface area contributed by atoms with Crippen LogP contribution in [0.3, 0.4) is 0 Å². The number of rotatable bonds is 5. The molecule has 0 spiro atoms. The van der Waals surface area contributed by atoms with Crippen molar-refractivity contribution in [3.8, 4) is 5.75 Å². The lowest BCUT2D eigenvalue weighted by Gasteiger charge is -2.15. The number of methoxy groups -OCH3 is 1. The lowest BCUT2D eigenvalue weighted by Crippen LogP contribution is -2.07. The summed E-state index contributed by atoms with van der Waals surface area (Å²) in [6.07, 6.45) is 1.33. The fourth-order valence-electron chi connectivity index (χ4n) is 1.35. The van der Waals surface area contributed by atoms with Gasteiger partial charge in [0.05, 0.1) is 7.11 Å². The van der Waals surface area contributed by atoms with Gasteiger partial charge in [0.1, 0.15) is 11.1 Å². The van der Waals surface area contributed by atoms with Crippen LogP contribution in [-0.4, -0.2) is 32.4 Å². The molecule has 0 saturated heterocycles. The van der Waals surface area contributed by atoms with E-state index in [1.54, 1.807) is 12.1 Å². The third kappa shape index (κ3) is 3.67. The maximum atomic E-state index is 12.3. The van der Waals surface area contributed by atoms with Crippen LogP contribution in [0.4, 0.5) is 0 Å². The molecule has 1 N–H and O–H groups in total. The van der Waals surface area contributed by atoms with Crippen molar-refractivity contribution in [3.05, 3.63) is 35.1 Å². The molecule has 1 rings (SSSR count). The zero-order valence-electron chi connectivity index (χ0n) is 10.8. The molecule has 0 fully saturated rings. The van der Waals surface area contributed by atoms with Crippen molar-refractivity contribution in [2.45, 2.75) is 0 Å². The third-order valence-corrected chi connectivity index (χ3v) is 4.23. The Hall–Kier alpha value is -1.62. The lowest BCUT2D eigenvalue weighted by molar-refractivity contribution is -0.135. The SMILES string of the molecule is COC(=O)/C(=C\c1ccc(O)cc1)P(=O)(OC)OC. The summed E-state index contributed by atoms with van der Waals surface area (Å²) < 4.78 is 26.4. The predicted molar refractivity (Wildman–Crippen MR) is 69.7 cm³/mol. The van der Waals surface area contributed by atoms with Gasteiger partial charge in [-0.2, -0.15) is 0 Å². The lowest BCUT2D eigenvalue weighted by atomic mass is 10.2. The molecule has 0 atom stereocenters. The van der Waals surface area contributed by atoms with Crippen LogP contribution in [0.2, 0.25) is 0 Å². The molecule has 1 aromatic carbocycles. The highest BCUT2D eigenvalue weighted by Crippen LogP contribution is 2.55. The molecule has 0 unspecified atom stereocenters. The average molecular weight is 286 g/mol. The number of carbonyl (C=O) groups is 1. The zero-order valence-corrected chi connectivity index (χ0v) is 11.7. The Labute approximate surface area is 111 Å². The minimum Gasteiger partial charge on any atom is -0.508 e. The van der Waals surface area contributed by atoms with Crippen molar-refractivity contribution in [2.75, 3.05) is 21.3 Å². The van der Waals surface area contributed by atoms with Crippen molar-refractivity contribution in [3.63, 3.8) is 0 Å². The highest BCUT2D eigenvalue weighted by Gasteiger charge is 2.34. The molecule has 0 aliphatic carbocycles. The molecule has 0 aliphatic heterocycles. The van der Waals surface area contributed by atoms with Crippen LogP contribution in [0, 0.1) is 0 Å². The van der Waals surface area contributed by atoms with Crippen molar-refractivity contribution in [1.82, 2.24) is 0 Å². The normalized spacial score (nSPS) is 12.3. The van der Waals surface area contributed by atoms with Gasteiger partial charge in [0.25, 0.3) is 0 Å². The second-order valence-electron chi connectivity index (χ2n) is 3.48. The molecular formula is C12H15O6P. The summed E-state index contributed by atoms with van der Waals surface area (Å²) in [5.41, 5.74) is 0.549. The minimum absolute atomic E-state index is 0.0819. The molecule has 7 heteroatoms. The van der Waals surface area contributed by atoms with Crippen LogP contribution < -0.4 is 0 Å². The van der Waals surface area contributed by atoms with Gasteiger partial charge in [-0.1, -0.05) is 12.1 Å². The van der Waals surface area contributed by atoms with E-state index in [2.05, 4.69) is 4.74 Å². The van der Waals surface area contributed by atoms with Crippen LogP contribution in [0.1, 0.15) is 5.56 Å². The summed E-state index contributed by atoms with van der Waals surface area (Å²) in [5.74, 6) is -0.724. The fourth-order valence-corrected chi connectivity index (χ4v) is 2.52. The van der Waals surface area contributed by atoms with Crippen LogP contribution in [-0.2, 0) is 23.1 Å².